The Hall–Kier alpha value is -2.39. The summed E-state index contributed by atoms with van der Waals surface area (Å²) in [6, 6.07) is 12.4. The highest BCUT2D eigenvalue weighted by Crippen LogP contribution is 2.30. The van der Waals surface area contributed by atoms with Crippen LogP contribution in [-0.4, -0.2) is 34.5 Å². The molecule has 0 aliphatic rings. The molecule has 0 aliphatic heterocycles. The zero-order valence-corrected chi connectivity index (χ0v) is 17.9. The number of hydrogen-bond acceptors (Lipinski definition) is 5. The van der Waals surface area contributed by atoms with E-state index in [4.69, 9.17) is 16.0 Å². The van der Waals surface area contributed by atoms with Crippen LogP contribution in [0.3, 0.4) is 0 Å². The van der Waals surface area contributed by atoms with Crippen molar-refractivity contribution in [3.05, 3.63) is 74.6 Å². The number of fused-ring (bicyclic) bond motifs is 1. The lowest BCUT2D eigenvalue weighted by Gasteiger charge is -2.17. The minimum atomic E-state index is -3.72. The van der Waals surface area contributed by atoms with E-state index < -0.39 is 15.8 Å². The van der Waals surface area contributed by atoms with Gasteiger partial charge in [0.25, 0.3) is 10.2 Å². The summed E-state index contributed by atoms with van der Waals surface area (Å²) in [5.41, 5.74) is 2.30. The topological polar surface area (TPSA) is 91.7 Å². The van der Waals surface area contributed by atoms with Crippen molar-refractivity contribution in [3.8, 4) is 0 Å². The Bertz CT molecular complexity index is 1210. The molecule has 0 aliphatic carbocycles. The predicted octanol–water partition coefficient (Wildman–Crippen LogP) is 2.97. The van der Waals surface area contributed by atoms with E-state index in [1.165, 1.54) is 7.05 Å². The van der Waals surface area contributed by atoms with Crippen molar-refractivity contribution in [1.29, 1.82) is 0 Å². The van der Waals surface area contributed by atoms with Crippen LogP contribution in [0.2, 0.25) is 5.02 Å². The number of para-hydroxylation sites is 1. The van der Waals surface area contributed by atoms with Crippen molar-refractivity contribution in [3.63, 3.8) is 0 Å². The molecule has 0 amide bonds. The third kappa shape index (κ3) is 4.79. The molecule has 0 spiro atoms. The minimum Gasteiger partial charge on any atom is -0.423 e. The number of nitrogens with zero attached hydrogens (tertiary/aromatic N) is 1. The molecule has 1 aromatic heterocycles. The van der Waals surface area contributed by atoms with Crippen LogP contribution in [0.25, 0.3) is 11.0 Å². The Morgan fingerprint density at radius 3 is 2.48 bits per heavy atom. The summed E-state index contributed by atoms with van der Waals surface area (Å²) in [4.78, 5) is 14.7. The maximum Gasteiger partial charge on any atom is 0.340 e. The summed E-state index contributed by atoms with van der Waals surface area (Å²) >= 11 is 6.45. The standard InChI is InChI=1S/C20H22ClN3O4S/c1-22-29(26,27)23-17-9-6-7-13(19(17)21)11-15-16(12-24(2)3)14-8-4-5-10-18(14)28-20(15)25/h4-10,22-23H,11-12H2,1-3H3. The summed E-state index contributed by atoms with van der Waals surface area (Å²) in [5, 5.41) is 1.09. The summed E-state index contributed by atoms with van der Waals surface area (Å²) < 4.78 is 33.7. The molecule has 0 saturated carbocycles. The molecular formula is C20H22ClN3O4S. The van der Waals surface area contributed by atoms with Gasteiger partial charge in [0.15, 0.2) is 0 Å². The Balaban J connectivity index is 2.11. The van der Waals surface area contributed by atoms with Gasteiger partial charge in [-0.05, 0) is 37.4 Å². The van der Waals surface area contributed by atoms with E-state index >= 15 is 0 Å². The molecule has 9 heteroatoms. The highest BCUT2D eigenvalue weighted by atomic mass is 35.5. The second-order valence-corrected chi connectivity index (χ2v) is 8.84. The van der Waals surface area contributed by atoms with Crippen LogP contribution in [-0.2, 0) is 23.2 Å². The highest BCUT2D eigenvalue weighted by Gasteiger charge is 2.18. The quantitative estimate of drug-likeness (QED) is 0.557. The van der Waals surface area contributed by atoms with E-state index in [9.17, 15) is 13.2 Å². The molecule has 3 aromatic rings. The smallest absolute Gasteiger partial charge is 0.340 e. The van der Waals surface area contributed by atoms with Crippen LogP contribution < -0.4 is 15.1 Å². The monoisotopic (exact) mass is 435 g/mol. The zero-order chi connectivity index (χ0) is 21.2. The van der Waals surface area contributed by atoms with E-state index in [2.05, 4.69) is 9.44 Å². The fourth-order valence-electron chi connectivity index (χ4n) is 3.11. The zero-order valence-electron chi connectivity index (χ0n) is 16.3. The molecule has 0 unspecified atom stereocenters. The summed E-state index contributed by atoms with van der Waals surface area (Å²) in [5.74, 6) is 0. The molecular weight excluding hydrogens is 414 g/mol. The van der Waals surface area contributed by atoms with E-state index in [0.717, 1.165) is 10.9 Å². The Morgan fingerprint density at radius 2 is 1.79 bits per heavy atom. The Kier molecular flexibility index (Phi) is 6.28. The SMILES string of the molecule is CNS(=O)(=O)Nc1cccc(Cc2c(CN(C)C)c3ccccc3oc2=O)c1Cl. The number of benzene rings is 2. The van der Waals surface area contributed by atoms with Crippen molar-refractivity contribution in [1.82, 2.24) is 9.62 Å². The van der Waals surface area contributed by atoms with E-state index in [1.807, 2.05) is 37.2 Å². The van der Waals surface area contributed by atoms with Crippen LogP contribution in [0.1, 0.15) is 16.7 Å². The van der Waals surface area contributed by atoms with Gasteiger partial charge in [-0.2, -0.15) is 8.42 Å². The first kappa shape index (κ1) is 21.3. The van der Waals surface area contributed by atoms with Gasteiger partial charge < -0.3 is 9.32 Å². The molecule has 0 bridgehead atoms. The average molecular weight is 436 g/mol. The summed E-state index contributed by atoms with van der Waals surface area (Å²) in [6.45, 7) is 0.547. The van der Waals surface area contributed by atoms with Crippen LogP contribution in [0.4, 0.5) is 5.69 Å². The maximum absolute atomic E-state index is 12.8. The van der Waals surface area contributed by atoms with E-state index in [1.54, 1.807) is 24.3 Å². The fraction of sp³-hybridized carbons (Fsp3) is 0.250. The largest absolute Gasteiger partial charge is 0.423 e. The molecule has 2 N–H and O–H groups in total. The van der Waals surface area contributed by atoms with Gasteiger partial charge in [-0.1, -0.05) is 41.9 Å². The van der Waals surface area contributed by atoms with Crippen LogP contribution in [0, 0.1) is 0 Å². The summed E-state index contributed by atoms with van der Waals surface area (Å²) in [7, 11) is 1.43. The molecule has 3 rings (SSSR count). The number of rotatable bonds is 7. The normalized spacial score (nSPS) is 11.9. The van der Waals surface area contributed by atoms with Crippen LogP contribution in [0.5, 0.6) is 0 Å². The van der Waals surface area contributed by atoms with Crippen molar-refractivity contribution in [2.45, 2.75) is 13.0 Å². The first-order valence-electron chi connectivity index (χ1n) is 8.89. The van der Waals surface area contributed by atoms with Gasteiger partial charge >= 0.3 is 5.63 Å². The van der Waals surface area contributed by atoms with Crippen molar-refractivity contribution in [2.75, 3.05) is 25.9 Å². The molecule has 1 heterocycles. The second-order valence-electron chi connectivity index (χ2n) is 6.85. The van der Waals surface area contributed by atoms with Gasteiger partial charge in [-0.15, -0.1) is 0 Å². The molecule has 0 fully saturated rings. The molecule has 29 heavy (non-hydrogen) atoms. The lowest BCUT2D eigenvalue weighted by atomic mass is 9.98. The van der Waals surface area contributed by atoms with Crippen molar-refractivity contribution in [2.24, 2.45) is 0 Å². The molecule has 154 valence electrons. The van der Waals surface area contributed by atoms with Crippen molar-refractivity contribution >= 4 is 38.5 Å². The molecule has 0 atom stereocenters. The first-order valence-corrected chi connectivity index (χ1v) is 10.7. The van der Waals surface area contributed by atoms with Crippen molar-refractivity contribution < 1.29 is 12.8 Å². The second kappa shape index (κ2) is 8.54. The molecule has 2 aromatic carbocycles. The predicted molar refractivity (Wildman–Crippen MR) is 116 cm³/mol. The van der Waals surface area contributed by atoms with Gasteiger partial charge in [-0.25, -0.2) is 9.52 Å². The third-order valence-corrected chi connectivity index (χ3v) is 5.93. The number of nitrogens with one attached hydrogen (secondary N) is 2. The summed E-state index contributed by atoms with van der Waals surface area (Å²) in [6.07, 6.45) is 0.213. The van der Waals surface area contributed by atoms with Gasteiger partial charge in [0.05, 0.1) is 10.7 Å². The molecule has 7 nitrogen and oxygen atoms in total. The van der Waals surface area contributed by atoms with Gasteiger partial charge in [0.2, 0.25) is 0 Å². The lowest BCUT2D eigenvalue weighted by Crippen LogP contribution is -2.26. The van der Waals surface area contributed by atoms with E-state index in [0.29, 0.717) is 23.3 Å². The van der Waals surface area contributed by atoms with Crippen LogP contribution >= 0.6 is 11.6 Å². The average Bonchev–Trinajstić information content (AvgIpc) is 2.67. The molecule has 0 radical (unpaired) electrons. The number of anilines is 1. The third-order valence-electron chi connectivity index (χ3n) is 4.46. The fourth-order valence-corrected chi connectivity index (χ4v) is 3.97. The van der Waals surface area contributed by atoms with Gasteiger partial charge in [-0.3, -0.25) is 4.72 Å². The number of hydrogen-bond donors (Lipinski definition) is 2. The van der Waals surface area contributed by atoms with E-state index in [-0.39, 0.29) is 17.1 Å². The Morgan fingerprint density at radius 1 is 1.07 bits per heavy atom. The first-order chi connectivity index (χ1) is 13.7. The number of halogens is 1. The maximum atomic E-state index is 12.8. The molecule has 0 saturated heterocycles. The lowest BCUT2D eigenvalue weighted by molar-refractivity contribution is 0.400. The Labute approximate surface area is 174 Å². The minimum absolute atomic E-state index is 0.213. The highest BCUT2D eigenvalue weighted by molar-refractivity contribution is 7.90. The van der Waals surface area contributed by atoms with Crippen LogP contribution in [0.15, 0.2) is 51.7 Å². The van der Waals surface area contributed by atoms with Gasteiger partial charge in [0, 0.05) is 31.0 Å². The van der Waals surface area contributed by atoms with Gasteiger partial charge in [0.1, 0.15) is 5.58 Å².